The van der Waals surface area contributed by atoms with Gasteiger partial charge in [-0.15, -0.1) is 0 Å². The highest BCUT2D eigenvalue weighted by atomic mass is 16.6. The average Bonchev–Trinajstić information content (AvgIpc) is 3.15. The van der Waals surface area contributed by atoms with Gasteiger partial charge in [0, 0.05) is 12.8 Å². The molecule has 0 bridgehead atoms. The van der Waals surface area contributed by atoms with Crippen molar-refractivity contribution in [2.75, 3.05) is 13.2 Å². The summed E-state index contributed by atoms with van der Waals surface area (Å²) < 4.78 is 16.6. The number of hydrogen-bond donors (Lipinski definition) is 0. The summed E-state index contributed by atoms with van der Waals surface area (Å²) in [6.45, 7) is 6.39. The SMILES string of the molecule is CC/C=C\C/C=C\C/C=C\CC(=O)OCC(COC(=O)CCCCCCCCC/C=C\CCCCCC)OC(=O)CCCCCCCCCCCCC. The first-order chi connectivity index (χ1) is 26.0. The minimum Gasteiger partial charge on any atom is -0.462 e. The van der Waals surface area contributed by atoms with Crippen molar-refractivity contribution < 1.29 is 28.6 Å². The molecule has 0 spiro atoms. The predicted octanol–water partition coefficient (Wildman–Crippen LogP) is 14.0. The van der Waals surface area contributed by atoms with E-state index in [1.54, 1.807) is 6.08 Å². The number of unbranched alkanes of at least 4 members (excludes halogenated alkanes) is 21. The van der Waals surface area contributed by atoms with E-state index in [2.05, 4.69) is 57.2 Å². The molecule has 0 saturated carbocycles. The lowest BCUT2D eigenvalue weighted by Crippen LogP contribution is -2.30. The van der Waals surface area contributed by atoms with Gasteiger partial charge in [0.05, 0.1) is 6.42 Å². The average molecular weight is 743 g/mol. The Kier molecular flexibility index (Phi) is 40.0. The summed E-state index contributed by atoms with van der Waals surface area (Å²) in [6, 6.07) is 0. The number of carbonyl (C=O) groups excluding carboxylic acids is 3. The molecule has 0 rings (SSSR count). The van der Waals surface area contributed by atoms with Gasteiger partial charge in [0.1, 0.15) is 13.2 Å². The van der Waals surface area contributed by atoms with Gasteiger partial charge in [-0.05, 0) is 57.8 Å². The van der Waals surface area contributed by atoms with Gasteiger partial charge in [0.25, 0.3) is 0 Å². The monoisotopic (exact) mass is 743 g/mol. The second-order valence-electron chi connectivity index (χ2n) is 14.6. The van der Waals surface area contributed by atoms with Crippen LogP contribution in [0.1, 0.15) is 213 Å². The molecule has 0 fully saturated rings. The van der Waals surface area contributed by atoms with Crippen LogP contribution in [0.15, 0.2) is 48.6 Å². The number of ether oxygens (including phenoxy) is 3. The first-order valence-corrected chi connectivity index (χ1v) is 22.1. The smallest absolute Gasteiger partial charge is 0.309 e. The molecule has 0 aromatic rings. The zero-order valence-electron chi connectivity index (χ0n) is 34.8. The van der Waals surface area contributed by atoms with Crippen LogP contribution in [-0.4, -0.2) is 37.2 Å². The van der Waals surface area contributed by atoms with E-state index in [4.69, 9.17) is 14.2 Å². The number of esters is 3. The highest BCUT2D eigenvalue weighted by Gasteiger charge is 2.19. The molecular weight excluding hydrogens is 661 g/mol. The standard InChI is InChI=1S/C47H82O6/c1-4-7-10-13-16-19-21-22-23-24-26-28-31-34-37-40-46(49)52-43-44(42-51-45(48)39-36-33-30-27-18-15-12-9-6-3)53-47(50)41-38-35-32-29-25-20-17-14-11-8-5-2/h9,12,18-19,21,27,33,36,44H,4-8,10-11,13-17,20,22-26,28-32,34-35,37-43H2,1-3H3/b12-9-,21-19-,27-18-,36-33-. The minimum atomic E-state index is -0.804. The van der Waals surface area contributed by atoms with Crippen molar-refractivity contribution in [2.24, 2.45) is 0 Å². The van der Waals surface area contributed by atoms with Crippen LogP contribution in [0, 0.1) is 0 Å². The van der Waals surface area contributed by atoms with Gasteiger partial charge in [0.15, 0.2) is 6.10 Å². The summed E-state index contributed by atoms with van der Waals surface area (Å²) >= 11 is 0. The summed E-state index contributed by atoms with van der Waals surface area (Å²) in [5.74, 6) is -1.04. The highest BCUT2D eigenvalue weighted by Crippen LogP contribution is 2.14. The van der Waals surface area contributed by atoms with Crippen molar-refractivity contribution in [3.63, 3.8) is 0 Å². The Bertz CT molecular complexity index is 949. The first-order valence-electron chi connectivity index (χ1n) is 22.1. The number of carbonyl (C=O) groups is 3. The fourth-order valence-electron chi connectivity index (χ4n) is 6.03. The van der Waals surface area contributed by atoms with Crippen LogP contribution in [0.3, 0.4) is 0 Å². The van der Waals surface area contributed by atoms with Crippen LogP contribution in [0.5, 0.6) is 0 Å². The Morgan fingerprint density at radius 1 is 0.415 bits per heavy atom. The van der Waals surface area contributed by atoms with E-state index in [1.807, 2.05) is 6.08 Å². The molecule has 0 aliphatic heterocycles. The van der Waals surface area contributed by atoms with Crippen molar-refractivity contribution in [2.45, 2.75) is 219 Å². The van der Waals surface area contributed by atoms with Crippen molar-refractivity contribution in [3.05, 3.63) is 48.6 Å². The molecule has 0 aliphatic rings. The van der Waals surface area contributed by atoms with E-state index in [0.717, 1.165) is 57.8 Å². The third-order valence-corrected chi connectivity index (χ3v) is 9.35. The van der Waals surface area contributed by atoms with Crippen molar-refractivity contribution in [1.29, 1.82) is 0 Å². The molecule has 53 heavy (non-hydrogen) atoms. The molecule has 1 atom stereocenters. The maximum Gasteiger partial charge on any atom is 0.309 e. The predicted molar refractivity (Wildman–Crippen MR) is 224 cm³/mol. The second-order valence-corrected chi connectivity index (χ2v) is 14.6. The van der Waals surface area contributed by atoms with E-state index in [0.29, 0.717) is 12.8 Å². The van der Waals surface area contributed by atoms with Gasteiger partial charge in [0.2, 0.25) is 0 Å². The molecule has 0 heterocycles. The summed E-state index contributed by atoms with van der Waals surface area (Å²) in [5, 5.41) is 0. The first kappa shape index (κ1) is 50.4. The van der Waals surface area contributed by atoms with Gasteiger partial charge in [-0.1, -0.05) is 185 Å². The van der Waals surface area contributed by atoms with Gasteiger partial charge in [-0.2, -0.15) is 0 Å². The maximum atomic E-state index is 12.7. The number of hydrogen-bond acceptors (Lipinski definition) is 6. The maximum absolute atomic E-state index is 12.7. The Morgan fingerprint density at radius 2 is 0.811 bits per heavy atom. The summed E-state index contributed by atoms with van der Waals surface area (Å²) in [5.41, 5.74) is 0. The van der Waals surface area contributed by atoms with Crippen LogP contribution in [0.4, 0.5) is 0 Å². The van der Waals surface area contributed by atoms with Crippen LogP contribution >= 0.6 is 0 Å². The fourth-order valence-corrected chi connectivity index (χ4v) is 6.03. The Balaban J connectivity index is 4.40. The number of allylic oxidation sites excluding steroid dienone is 7. The minimum absolute atomic E-state index is 0.101. The van der Waals surface area contributed by atoms with Gasteiger partial charge in [-0.25, -0.2) is 0 Å². The Hall–Kier alpha value is -2.63. The summed E-state index contributed by atoms with van der Waals surface area (Å²) in [4.78, 5) is 37.5. The van der Waals surface area contributed by atoms with E-state index < -0.39 is 12.1 Å². The zero-order chi connectivity index (χ0) is 38.7. The molecular formula is C47H82O6. The van der Waals surface area contributed by atoms with Crippen LogP contribution < -0.4 is 0 Å². The molecule has 6 nitrogen and oxygen atoms in total. The lowest BCUT2D eigenvalue weighted by molar-refractivity contribution is -0.166. The van der Waals surface area contributed by atoms with Crippen molar-refractivity contribution in [1.82, 2.24) is 0 Å². The molecule has 0 aliphatic carbocycles. The fraction of sp³-hybridized carbons (Fsp3) is 0.766. The third-order valence-electron chi connectivity index (χ3n) is 9.35. The largest absolute Gasteiger partial charge is 0.462 e. The zero-order valence-corrected chi connectivity index (χ0v) is 34.8. The number of rotatable bonds is 39. The van der Waals surface area contributed by atoms with Crippen LogP contribution in [0.2, 0.25) is 0 Å². The van der Waals surface area contributed by atoms with Gasteiger partial charge in [-0.3, -0.25) is 14.4 Å². The molecule has 306 valence electrons. The topological polar surface area (TPSA) is 78.9 Å². The summed E-state index contributed by atoms with van der Waals surface area (Å²) in [6.07, 6.45) is 48.4. The molecule has 6 heteroatoms. The van der Waals surface area contributed by atoms with Crippen molar-refractivity contribution >= 4 is 17.9 Å². The van der Waals surface area contributed by atoms with E-state index in [-0.39, 0.29) is 31.6 Å². The second kappa shape index (κ2) is 42.1. The quantitative estimate of drug-likeness (QED) is 0.0270. The lowest BCUT2D eigenvalue weighted by Gasteiger charge is -2.18. The van der Waals surface area contributed by atoms with Crippen molar-refractivity contribution in [3.8, 4) is 0 Å². The Labute approximate surface area is 327 Å². The van der Waals surface area contributed by atoms with Crippen LogP contribution in [-0.2, 0) is 28.6 Å². The van der Waals surface area contributed by atoms with Gasteiger partial charge >= 0.3 is 17.9 Å². The molecule has 1 unspecified atom stereocenters. The molecule has 0 aromatic carbocycles. The van der Waals surface area contributed by atoms with Gasteiger partial charge < -0.3 is 14.2 Å². The highest BCUT2D eigenvalue weighted by molar-refractivity contribution is 5.72. The Morgan fingerprint density at radius 3 is 1.32 bits per heavy atom. The molecule has 0 amide bonds. The lowest BCUT2D eigenvalue weighted by atomic mass is 10.1. The van der Waals surface area contributed by atoms with E-state index in [1.165, 1.54) is 116 Å². The van der Waals surface area contributed by atoms with E-state index >= 15 is 0 Å². The molecule has 0 saturated heterocycles. The third kappa shape index (κ3) is 40.4. The normalized spacial score (nSPS) is 12.4. The molecule has 0 aromatic heterocycles. The van der Waals surface area contributed by atoms with Crippen LogP contribution in [0.25, 0.3) is 0 Å². The van der Waals surface area contributed by atoms with E-state index in [9.17, 15) is 14.4 Å². The molecule has 0 radical (unpaired) electrons. The summed E-state index contributed by atoms with van der Waals surface area (Å²) in [7, 11) is 0. The molecule has 0 N–H and O–H groups in total.